The maximum atomic E-state index is 12.1. The number of aryl methyl sites for hydroxylation is 1. The Bertz CT molecular complexity index is 1220. The molecule has 2 N–H and O–H groups in total. The second kappa shape index (κ2) is 6.68. The highest BCUT2D eigenvalue weighted by molar-refractivity contribution is 5.79. The highest BCUT2D eigenvalue weighted by Gasteiger charge is 2.20. The molecule has 0 spiro atoms. The van der Waals surface area contributed by atoms with E-state index in [4.69, 9.17) is 9.72 Å². The fourth-order valence-electron chi connectivity index (χ4n) is 3.66. The average Bonchev–Trinajstić information content (AvgIpc) is 3.15. The van der Waals surface area contributed by atoms with Crippen LogP contribution in [-0.4, -0.2) is 42.8 Å². The average molecular weight is 377 g/mol. The predicted molar refractivity (Wildman–Crippen MR) is 104 cm³/mol. The summed E-state index contributed by atoms with van der Waals surface area (Å²) < 4.78 is 7.16. The van der Waals surface area contributed by atoms with Crippen LogP contribution in [0.3, 0.4) is 0 Å². The molecule has 0 radical (unpaired) electrons. The molecular weight excluding hydrogens is 358 g/mol. The van der Waals surface area contributed by atoms with Gasteiger partial charge in [0.1, 0.15) is 6.33 Å². The zero-order valence-electron chi connectivity index (χ0n) is 15.3. The number of rotatable bonds is 3. The van der Waals surface area contributed by atoms with Crippen molar-refractivity contribution >= 4 is 28.3 Å². The molecule has 0 amide bonds. The molecule has 5 rings (SSSR count). The molecule has 1 aliphatic heterocycles. The normalized spacial score (nSPS) is 15.3. The van der Waals surface area contributed by atoms with Crippen LogP contribution in [0, 0.1) is 6.92 Å². The summed E-state index contributed by atoms with van der Waals surface area (Å²) in [5.74, 6) is 0.727. The summed E-state index contributed by atoms with van der Waals surface area (Å²) in [6.45, 7) is 3.39. The molecule has 1 aliphatic rings. The van der Waals surface area contributed by atoms with Crippen LogP contribution in [0.25, 0.3) is 16.7 Å². The Morgan fingerprint density at radius 2 is 2.11 bits per heavy atom. The van der Waals surface area contributed by atoms with Gasteiger partial charge < -0.3 is 15.0 Å². The minimum absolute atomic E-state index is 0.134. The van der Waals surface area contributed by atoms with Gasteiger partial charge in [0.25, 0.3) is 0 Å². The fraction of sp³-hybridized carbons (Fsp3) is 0.316. The molecule has 0 aliphatic carbocycles. The first kappa shape index (κ1) is 16.8. The smallest absolute Gasteiger partial charge is 0.248 e. The third kappa shape index (κ3) is 2.99. The van der Waals surface area contributed by atoms with Crippen LogP contribution in [-0.2, 0) is 4.74 Å². The van der Waals surface area contributed by atoms with Gasteiger partial charge in [-0.25, -0.2) is 19.5 Å². The van der Waals surface area contributed by atoms with Crippen molar-refractivity contribution in [2.24, 2.45) is 0 Å². The third-order valence-corrected chi connectivity index (χ3v) is 5.14. The lowest BCUT2D eigenvalue weighted by molar-refractivity contribution is 0.0855. The first-order valence-electron chi connectivity index (χ1n) is 9.22. The van der Waals surface area contributed by atoms with Gasteiger partial charge in [-0.1, -0.05) is 0 Å². The van der Waals surface area contributed by atoms with Crippen LogP contribution in [0.1, 0.15) is 29.9 Å². The summed E-state index contributed by atoms with van der Waals surface area (Å²) >= 11 is 0. The second-order valence-corrected chi connectivity index (χ2v) is 6.99. The predicted octanol–water partition coefficient (Wildman–Crippen LogP) is 2.31. The van der Waals surface area contributed by atoms with E-state index in [-0.39, 0.29) is 11.5 Å². The second-order valence-electron chi connectivity index (χ2n) is 6.99. The Kier molecular flexibility index (Phi) is 4.01. The summed E-state index contributed by atoms with van der Waals surface area (Å²) in [5.41, 5.74) is 4.86. The van der Waals surface area contributed by atoms with E-state index in [0.717, 1.165) is 40.8 Å². The lowest BCUT2D eigenvalue weighted by atomic mass is 9.91. The van der Waals surface area contributed by atoms with Crippen molar-refractivity contribution in [1.29, 1.82) is 0 Å². The Morgan fingerprint density at radius 3 is 2.96 bits per heavy atom. The molecule has 0 unspecified atom stereocenters. The molecule has 142 valence electrons. The van der Waals surface area contributed by atoms with E-state index in [1.807, 2.05) is 19.2 Å². The molecule has 5 heterocycles. The molecule has 0 bridgehead atoms. The van der Waals surface area contributed by atoms with Gasteiger partial charge in [0, 0.05) is 19.3 Å². The van der Waals surface area contributed by atoms with Crippen molar-refractivity contribution in [3.05, 3.63) is 52.3 Å². The number of hydrogen-bond donors (Lipinski definition) is 2. The van der Waals surface area contributed by atoms with Crippen LogP contribution in [0.5, 0.6) is 0 Å². The van der Waals surface area contributed by atoms with Crippen LogP contribution < -0.4 is 10.9 Å². The van der Waals surface area contributed by atoms with Gasteiger partial charge in [0.2, 0.25) is 11.5 Å². The molecule has 0 aromatic carbocycles. The van der Waals surface area contributed by atoms with Crippen molar-refractivity contribution in [3.63, 3.8) is 0 Å². The Labute approximate surface area is 159 Å². The number of nitrogens with zero attached hydrogens (tertiary/aromatic N) is 5. The van der Waals surface area contributed by atoms with Crippen molar-refractivity contribution in [2.75, 3.05) is 18.5 Å². The SMILES string of the molecule is Cc1cc2ncnn2cc1Nc1ncc2[nH]c(=O)cc(C3CCOCC3)c2n1. The van der Waals surface area contributed by atoms with E-state index in [2.05, 4.69) is 25.4 Å². The van der Waals surface area contributed by atoms with E-state index in [9.17, 15) is 4.79 Å². The van der Waals surface area contributed by atoms with Gasteiger partial charge in [0.05, 0.1) is 29.1 Å². The van der Waals surface area contributed by atoms with E-state index in [1.165, 1.54) is 6.33 Å². The summed E-state index contributed by atoms with van der Waals surface area (Å²) in [6, 6.07) is 3.60. The minimum atomic E-state index is -0.134. The molecule has 1 saturated heterocycles. The molecule has 1 fully saturated rings. The fourth-order valence-corrected chi connectivity index (χ4v) is 3.66. The van der Waals surface area contributed by atoms with E-state index in [1.54, 1.807) is 16.8 Å². The first-order valence-corrected chi connectivity index (χ1v) is 9.22. The van der Waals surface area contributed by atoms with Crippen molar-refractivity contribution < 1.29 is 4.74 Å². The van der Waals surface area contributed by atoms with Gasteiger partial charge in [-0.15, -0.1) is 0 Å². The maximum absolute atomic E-state index is 12.1. The van der Waals surface area contributed by atoms with E-state index in [0.29, 0.717) is 24.7 Å². The van der Waals surface area contributed by atoms with Crippen molar-refractivity contribution in [1.82, 2.24) is 29.5 Å². The molecule has 0 saturated carbocycles. The van der Waals surface area contributed by atoms with Crippen molar-refractivity contribution in [2.45, 2.75) is 25.7 Å². The summed E-state index contributed by atoms with van der Waals surface area (Å²) in [6.07, 6.45) is 6.79. The number of H-pyrrole nitrogens is 1. The van der Waals surface area contributed by atoms with Gasteiger partial charge in [-0.3, -0.25) is 4.79 Å². The highest BCUT2D eigenvalue weighted by Crippen LogP contribution is 2.30. The third-order valence-electron chi connectivity index (χ3n) is 5.14. The molecule has 4 aromatic heterocycles. The quantitative estimate of drug-likeness (QED) is 0.564. The molecule has 9 heteroatoms. The van der Waals surface area contributed by atoms with E-state index >= 15 is 0 Å². The van der Waals surface area contributed by atoms with Crippen LogP contribution in [0.2, 0.25) is 0 Å². The Balaban J connectivity index is 1.57. The maximum Gasteiger partial charge on any atom is 0.248 e. The number of hydrogen-bond acceptors (Lipinski definition) is 7. The van der Waals surface area contributed by atoms with Gasteiger partial charge in [-0.2, -0.15) is 5.10 Å². The lowest BCUT2D eigenvalue weighted by Gasteiger charge is -2.23. The number of fused-ring (bicyclic) bond motifs is 2. The van der Waals surface area contributed by atoms with Crippen LogP contribution in [0.15, 0.2) is 35.6 Å². The number of aromatic nitrogens is 6. The Hall–Kier alpha value is -3.33. The summed E-state index contributed by atoms with van der Waals surface area (Å²) in [7, 11) is 0. The first-order chi connectivity index (χ1) is 13.7. The van der Waals surface area contributed by atoms with Gasteiger partial charge in [-0.05, 0) is 42.9 Å². The number of anilines is 2. The zero-order valence-corrected chi connectivity index (χ0v) is 15.3. The number of aromatic amines is 1. The molecule has 4 aromatic rings. The van der Waals surface area contributed by atoms with Crippen LogP contribution in [0.4, 0.5) is 11.6 Å². The topological polar surface area (TPSA) is 110 Å². The van der Waals surface area contributed by atoms with E-state index < -0.39 is 0 Å². The number of ether oxygens (including phenoxy) is 1. The molecule has 28 heavy (non-hydrogen) atoms. The monoisotopic (exact) mass is 377 g/mol. The molecule has 0 atom stereocenters. The Morgan fingerprint density at radius 1 is 1.25 bits per heavy atom. The lowest BCUT2D eigenvalue weighted by Crippen LogP contribution is -2.18. The highest BCUT2D eigenvalue weighted by atomic mass is 16.5. The summed E-state index contributed by atoms with van der Waals surface area (Å²) in [5, 5.41) is 7.43. The summed E-state index contributed by atoms with van der Waals surface area (Å²) in [4.78, 5) is 28.2. The minimum Gasteiger partial charge on any atom is -0.381 e. The van der Waals surface area contributed by atoms with Crippen LogP contribution >= 0.6 is 0 Å². The van der Waals surface area contributed by atoms with Crippen molar-refractivity contribution in [3.8, 4) is 0 Å². The molecule has 9 nitrogen and oxygen atoms in total. The largest absolute Gasteiger partial charge is 0.381 e. The van der Waals surface area contributed by atoms with Gasteiger partial charge in [0.15, 0.2) is 5.65 Å². The molecular formula is C19H19N7O2. The number of pyridine rings is 2. The number of nitrogens with one attached hydrogen (secondary N) is 2. The zero-order chi connectivity index (χ0) is 19.1. The standard InChI is InChI=1S/C19H19N7O2/c1-11-6-16-21-10-22-26(16)9-15(11)24-19-20-8-14-18(25-19)13(7-17(27)23-14)12-2-4-28-5-3-12/h6-10,12H,2-5H2,1H3,(H,23,27)(H,20,24,25). The van der Waals surface area contributed by atoms with Gasteiger partial charge >= 0.3 is 0 Å².